The molecule has 0 spiro atoms. The van der Waals surface area contributed by atoms with Gasteiger partial charge in [0.15, 0.2) is 0 Å². The van der Waals surface area contributed by atoms with E-state index in [4.69, 9.17) is 16.3 Å². The van der Waals surface area contributed by atoms with E-state index < -0.39 is 13.0 Å². The number of halogens is 3. The van der Waals surface area contributed by atoms with Crippen molar-refractivity contribution < 1.29 is 23.1 Å². The van der Waals surface area contributed by atoms with Gasteiger partial charge in [-0.15, -0.1) is 0 Å². The molecule has 0 aliphatic carbocycles. The van der Waals surface area contributed by atoms with Crippen molar-refractivity contribution in [3.63, 3.8) is 0 Å². The van der Waals surface area contributed by atoms with Gasteiger partial charge in [-0.1, -0.05) is 17.7 Å². The third-order valence-corrected chi connectivity index (χ3v) is 3.81. The molecule has 2 aromatic rings. The summed E-state index contributed by atoms with van der Waals surface area (Å²) >= 11 is 6.01. The summed E-state index contributed by atoms with van der Waals surface area (Å²) in [6.07, 6.45) is -2.42. The van der Waals surface area contributed by atoms with Gasteiger partial charge in [-0.25, -0.2) is 8.78 Å². The Morgan fingerprint density at radius 1 is 1.26 bits per heavy atom. The van der Waals surface area contributed by atoms with Gasteiger partial charge in [0.05, 0.1) is 5.02 Å². The zero-order chi connectivity index (χ0) is 20.0. The Balaban J connectivity index is 2.02. The second-order valence-electron chi connectivity index (χ2n) is 6.02. The third-order valence-electron chi connectivity index (χ3n) is 3.51. The molecule has 8 heteroatoms. The van der Waals surface area contributed by atoms with E-state index in [1.807, 2.05) is 0 Å². The van der Waals surface area contributed by atoms with Crippen LogP contribution in [0.25, 0.3) is 0 Å². The van der Waals surface area contributed by atoms with E-state index in [1.54, 1.807) is 31.2 Å². The van der Waals surface area contributed by atoms with Crippen LogP contribution in [0, 0.1) is 6.92 Å². The summed E-state index contributed by atoms with van der Waals surface area (Å²) in [5, 5.41) is 2.93. The number of nitrogens with zero attached hydrogens (tertiary/aromatic N) is 1. The molecular weight excluding hydrogens is 378 g/mol. The predicted molar refractivity (Wildman–Crippen MR) is 97.5 cm³/mol. The number of carbonyl (C=O) groups excluding carboxylic acids is 2. The van der Waals surface area contributed by atoms with E-state index >= 15 is 0 Å². The van der Waals surface area contributed by atoms with Gasteiger partial charge in [0.2, 0.25) is 0 Å². The maximum absolute atomic E-state index is 12.4. The smallest absolute Gasteiger partial charge is 0.272 e. The molecule has 0 aliphatic rings. The largest absolute Gasteiger partial charge is 0.486 e. The van der Waals surface area contributed by atoms with Crippen LogP contribution in [-0.2, 0) is 17.8 Å². The number of ketones is 1. The summed E-state index contributed by atoms with van der Waals surface area (Å²) in [6.45, 7) is 2.66. The van der Waals surface area contributed by atoms with Crippen LogP contribution >= 0.6 is 11.6 Å². The van der Waals surface area contributed by atoms with Crippen molar-refractivity contribution in [1.29, 1.82) is 0 Å². The normalized spacial score (nSPS) is 10.7. The minimum absolute atomic E-state index is 0.0387. The monoisotopic (exact) mass is 396 g/mol. The molecule has 0 unspecified atom stereocenters. The highest BCUT2D eigenvalue weighted by atomic mass is 35.5. The van der Waals surface area contributed by atoms with Gasteiger partial charge in [-0.3, -0.25) is 14.6 Å². The van der Waals surface area contributed by atoms with Crippen molar-refractivity contribution in [2.75, 3.05) is 6.61 Å². The number of nitrogens with one attached hydrogen (secondary N) is 1. The Bertz CT molecular complexity index is 844. The number of aromatic nitrogens is 1. The second-order valence-corrected chi connectivity index (χ2v) is 6.42. The lowest BCUT2D eigenvalue weighted by molar-refractivity contribution is -0.116. The van der Waals surface area contributed by atoms with Gasteiger partial charge >= 0.3 is 0 Å². The van der Waals surface area contributed by atoms with E-state index in [9.17, 15) is 18.4 Å². The maximum atomic E-state index is 12.4. The molecule has 0 saturated carbocycles. The molecule has 0 aliphatic heterocycles. The van der Waals surface area contributed by atoms with E-state index in [1.165, 1.54) is 13.0 Å². The number of hydrogen-bond donors (Lipinski definition) is 1. The molecule has 5 nitrogen and oxygen atoms in total. The first kappa shape index (κ1) is 20.8. The fourth-order valence-electron chi connectivity index (χ4n) is 2.42. The molecule has 1 aromatic carbocycles. The number of carbonyl (C=O) groups is 2. The number of alkyl halides is 2. The van der Waals surface area contributed by atoms with E-state index in [0.717, 1.165) is 0 Å². The summed E-state index contributed by atoms with van der Waals surface area (Å²) in [7, 11) is 0. The quantitative estimate of drug-likeness (QED) is 0.737. The molecule has 0 fully saturated rings. The first-order valence-corrected chi connectivity index (χ1v) is 8.57. The summed E-state index contributed by atoms with van der Waals surface area (Å²) in [6, 6.07) is 7.87. The average molecular weight is 397 g/mol. The first-order chi connectivity index (χ1) is 12.7. The number of hydrogen-bond acceptors (Lipinski definition) is 4. The van der Waals surface area contributed by atoms with Crippen molar-refractivity contribution in [3.8, 4) is 5.75 Å². The Kier molecular flexibility index (Phi) is 7.24. The van der Waals surface area contributed by atoms with Gasteiger partial charge in [0.1, 0.15) is 18.1 Å². The van der Waals surface area contributed by atoms with Gasteiger partial charge < -0.3 is 10.1 Å². The zero-order valence-electron chi connectivity index (χ0n) is 14.9. The highest BCUT2D eigenvalue weighted by Crippen LogP contribution is 2.25. The summed E-state index contributed by atoms with van der Waals surface area (Å²) in [4.78, 5) is 27.9. The predicted octanol–water partition coefficient (Wildman–Crippen LogP) is 3.75. The Morgan fingerprint density at radius 2 is 2.00 bits per heavy atom. The summed E-state index contributed by atoms with van der Waals surface area (Å²) < 4.78 is 29.3. The first-order valence-electron chi connectivity index (χ1n) is 8.19. The molecule has 1 aromatic heterocycles. The maximum Gasteiger partial charge on any atom is 0.272 e. The van der Waals surface area contributed by atoms with Crippen LogP contribution in [-0.4, -0.2) is 29.7 Å². The van der Waals surface area contributed by atoms with Crippen LogP contribution in [0.15, 0.2) is 30.3 Å². The lowest BCUT2D eigenvalue weighted by Crippen LogP contribution is -2.23. The highest BCUT2D eigenvalue weighted by molar-refractivity contribution is 6.32. The van der Waals surface area contributed by atoms with Crippen LogP contribution in [0.2, 0.25) is 5.02 Å². The van der Waals surface area contributed by atoms with Gasteiger partial charge in [0.25, 0.3) is 12.3 Å². The second kappa shape index (κ2) is 9.41. The molecule has 0 atom stereocenters. The molecule has 0 bridgehead atoms. The molecule has 144 valence electrons. The summed E-state index contributed by atoms with van der Waals surface area (Å²) in [5.41, 5.74) is 2.27. The summed E-state index contributed by atoms with van der Waals surface area (Å²) in [5.74, 6) is -0.201. The van der Waals surface area contributed by atoms with Crippen molar-refractivity contribution >= 4 is 23.3 Å². The lowest BCUT2D eigenvalue weighted by atomic mass is 10.1. The number of rotatable bonds is 8. The molecule has 2 rings (SSSR count). The van der Waals surface area contributed by atoms with Crippen molar-refractivity contribution in [2.24, 2.45) is 0 Å². The highest BCUT2D eigenvalue weighted by Gasteiger charge is 2.11. The third kappa shape index (κ3) is 6.60. The number of ether oxygens (including phenoxy) is 1. The topological polar surface area (TPSA) is 68.3 Å². The minimum atomic E-state index is -2.59. The van der Waals surface area contributed by atoms with Crippen molar-refractivity contribution in [3.05, 3.63) is 57.9 Å². The lowest BCUT2D eigenvalue weighted by Gasteiger charge is -2.10. The molecule has 27 heavy (non-hydrogen) atoms. The van der Waals surface area contributed by atoms with Crippen LogP contribution in [0.3, 0.4) is 0 Å². The molecule has 1 N–H and O–H groups in total. The standard InChI is InChI=1S/C19H19ClF2N2O3/c1-11-5-14(8-15(24-11)6-12(2)25)19(26)23-9-13-3-4-17(16(20)7-13)27-10-18(21)22/h3-5,7-8,18H,6,9-10H2,1-2H3,(H,23,26). The zero-order valence-corrected chi connectivity index (χ0v) is 15.6. The number of benzene rings is 1. The average Bonchev–Trinajstić information content (AvgIpc) is 2.57. The van der Waals surface area contributed by atoms with E-state index in [2.05, 4.69) is 10.3 Å². The molecular formula is C19H19ClF2N2O3. The van der Waals surface area contributed by atoms with Crippen LogP contribution in [0.5, 0.6) is 5.75 Å². The number of pyridine rings is 1. The van der Waals surface area contributed by atoms with Gasteiger partial charge in [-0.2, -0.15) is 0 Å². The molecule has 1 heterocycles. The SMILES string of the molecule is CC(=O)Cc1cc(C(=O)NCc2ccc(OCC(F)F)c(Cl)c2)cc(C)n1. The fraction of sp³-hybridized carbons (Fsp3) is 0.316. The minimum Gasteiger partial charge on any atom is -0.486 e. The van der Waals surface area contributed by atoms with Crippen LogP contribution in [0.4, 0.5) is 8.78 Å². The number of aryl methyl sites for hydroxylation is 1. The molecule has 0 radical (unpaired) electrons. The number of Topliss-reactive ketones (excluding diaryl/α,β-unsaturated/α-hetero) is 1. The van der Waals surface area contributed by atoms with E-state index in [0.29, 0.717) is 22.5 Å². The Hall–Kier alpha value is -2.54. The Labute approximate surface area is 160 Å². The van der Waals surface area contributed by atoms with Crippen LogP contribution < -0.4 is 10.1 Å². The fourth-order valence-corrected chi connectivity index (χ4v) is 2.68. The van der Waals surface area contributed by atoms with Gasteiger partial charge in [0, 0.05) is 29.9 Å². The van der Waals surface area contributed by atoms with Crippen LogP contribution in [0.1, 0.15) is 34.2 Å². The number of amides is 1. The van der Waals surface area contributed by atoms with Gasteiger partial charge in [-0.05, 0) is 43.7 Å². The molecule has 1 amide bonds. The van der Waals surface area contributed by atoms with E-state index in [-0.39, 0.29) is 35.4 Å². The Morgan fingerprint density at radius 3 is 2.63 bits per heavy atom. The molecule has 0 saturated heterocycles. The van der Waals surface area contributed by atoms with Crippen molar-refractivity contribution in [2.45, 2.75) is 33.2 Å². The van der Waals surface area contributed by atoms with Crippen molar-refractivity contribution in [1.82, 2.24) is 10.3 Å².